The fourth-order valence-corrected chi connectivity index (χ4v) is 2.56. The van der Waals surface area contributed by atoms with Gasteiger partial charge in [-0.15, -0.1) is 0 Å². The van der Waals surface area contributed by atoms with Crippen LogP contribution < -0.4 is 8.32 Å². The molecule has 68 valence electrons. The Morgan fingerprint density at radius 1 is 1.15 bits per heavy atom. The predicted octanol–water partition coefficient (Wildman–Crippen LogP) is 1.53. The molecule has 13 heavy (non-hydrogen) atoms. The van der Waals surface area contributed by atoms with E-state index in [0.29, 0.717) is 6.10 Å². The van der Waals surface area contributed by atoms with Crippen LogP contribution in [0.1, 0.15) is 25.7 Å². The van der Waals surface area contributed by atoms with E-state index in [1.807, 2.05) is 0 Å². The number of ether oxygens (including phenoxy) is 1. The van der Waals surface area contributed by atoms with Crippen LogP contribution in [0.25, 0.3) is 0 Å². The van der Waals surface area contributed by atoms with Gasteiger partial charge in [0, 0.05) is 0 Å². The molecule has 0 bridgehead atoms. The first-order valence-corrected chi connectivity index (χ1v) is 6.52. The third kappa shape index (κ3) is 2.39. The molecular weight excluding hydrogens is 267 g/mol. The van der Waals surface area contributed by atoms with E-state index in [2.05, 4.69) is 24.3 Å². The number of hydrogen-bond acceptors (Lipinski definition) is 1. The van der Waals surface area contributed by atoms with Crippen molar-refractivity contribution in [3.05, 3.63) is 24.3 Å². The molecule has 0 atom stereocenters. The van der Waals surface area contributed by atoms with Crippen molar-refractivity contribution in [3.63, 3.8) is 0 Å². The number of rotatable bonds is 2. The van der Waals surface area contributed by atoms with Gasteiger partial charge < -0.3 is 0 Å². The Morgan fingerprint density at radius 3 is 2.54 bits per heavy atom. The van der Waals surface area contributed by atoms with Crippen LogP contribution in [0.5, 0.6) is 5.75 Å². The molecule has 0 aromatic heterocycles. The topological polar surface area (TPSA) is 9.23 Å². The molecule has 2 radical (unpaired) electrons. The average Bonchev–Trinajstić information content (AvgIpc) is 2.61. The molecule has 0 spiro atoms. The van der Waals surface area contributed by atoms with Crippen LogP contribution in [-0.4, -0.2) is 28.6 Å². The summed E-state index contributed by atoms with van der Waals surface area (Å²) in [6.45, 7) is 0. The summed E-state index contributed by atoms with van der Waals surface area (Å²) >= 11 is 1.15. The van der Waals surface area contributed by atoms with Gasteiger partial charge in [-0.1, -0.05) is 0 Å². The molecule has 1 aromatic carbocycles. The zero-order chi connectivity index (χ0) is 9.10. The van der Waals surface area contributed by atoms with Crippen molar-refractivity contribution < 1.29 is 4.74 Å². The quantitative estimate of drug-likeness (QED) is 0.747. The average molecular weight is 281 g/mol. The van der Waals surface area contributed by atoms with Crippen LogP contribution in [0, 0.1) is 0 Å². The second-order valence-corrected chi connectivity index (χ2v) is 5.34. The molecule has 0 aliphatic heterocycles. The van der Waals surface area contributed by atoms with Gasteiger partial charge in [-0.2, -0.15) is 0 Å². The molecule has 0 amide bonds. The molecule has 1 saturated carbocycles. The Labute approximate surface area is 92.6 Å². The van der Waals surface area contributed by atoms with E-state index in [0.717, 1.165) is 28.3 Å². The first-order chi connectivity index (χ1) is 6.36. The van der Waals surface area contributed by atoms with Crippen molar-refractivity contribution in [2.24, 2.45) is 0 Å². The van der Waals surface area contributed by atoms with Crippen molar-refractivity contribution in [2.75, 3.05) is 0 Å². The van der Waals surface area contributed by atoms with Crippen molar-refractivity contribution >= 4 is 26.1 Å². The first-order valence-electron chi connectivity index (χ1n) is 4.87. The maximum absolute atomic E-state index is 5.94. The second kappa shape index (κ2) is 4.36. The Morgan fingerprint density at radius 2 is 1.85 bits per heavy atom. The third-order valence-electron chi connectivity index (χ3n) is 2.51. The van der Waals surface area contributed by atoms with Gasteiger partial charge in [-0.3, -0.25) is 0 Å². The second-order valence-electron chi connectivity index (χ2n) is 3.56. The van der Waals surface area contributed by atoms with Gasteiger partial charge in [0.2, 0.25) is 0 Å². The van der Waals surface area contributed by atoms with Gasteiger partial charge >= 0.3 is 92.6 Å². The Kier molecular flexibility index (Phi) is 3.14. The summed E-state index contributed by atoms with van der Waals surface area (Å²) in [5.41, 5.74) is 0. The SMILES string of the molecule is [SnH][c]1ccccc1OC1CCCC1. The van der Waals surface area contributed by atoms with Gasteiger partial charge in [0.15, 0.2) is 0 Å². The Bertz CT molecular complexity index is 279. The van der Waals surface area contributed by atoms with Gasteiger partial charge in [-0.25, -0.2) is 0 Å². The van der Waals surface area contributed by atoms with E-state index in [-0.39, 0.29) is 0 Å². The normalized spacial score (nSPS) is 17.6. The monoisotopic (exact) mass is 282 g/mol. The fourth-order valence-electron chi connectivity index (χ4n) is 1.77. The zero-order valence-electron chi connectivity index (χ0n) is 7.70. The molecule has 2 heteroatoms. The van der Waals surface area contributed by atoms with Crippen LogP contribution >= 0.6 is 0 Å². The fraction of sp³-hybridized carbons (Fsp3) is 0.455. The molecule has 0 saturated heterocycles. The van der Waals surface area contributed by atoms with Crippen molar-refractivity contribution in [1.29, 1.82) is 0 Å². The van der Waals surface area contributed by atoms with Crippen LogP contribution in [0.2, 0.25) is 0 Å². The van der Waals surface area contributed by atoms with Crippen molar-refractivity contribution in [3.8, 4) is 5.75 Å². The molecule has 2 rings (SSSR count). The molecule has 0 N–H and O–H groups in total. The summed E-state index contributed by atoms with van der Waals surface area (Å²) in [5.74, 6) is 1.12. The van der Waals surface area contributed by atoms with Crippen LogP contribution in [-0.2, 0) is 0 Å². The van der Waals surface area contributed by atoms with Gasteiger partial charge in [0.1, 0.15) is 0 Å². The maximum atomic E-state index is 5.94. The third-order valence-corrected chi connectivity index (χ3v) is 3.88. The van der Waals surface area contributed by atoms with Gasteiger partial charge in [0.05, 0.1) is 0 Å². The molecule has 1 aliphatic carbocycles. The summed E-state index contributed by atoms with van der Waals surface area (Å²) in [6.07, 6.45) is 5.66. The number of benzene rings is 1. The first kappa shape index (κ1) is 9.38. The van der Waals surface area contributed by atoms with Gasteiger partial charge in [0.25, 0.3) is 0 Å². The minimum atomic E-state index is 0.494. The summed E-state index contributed by atoms with van der Waals surface area (Å²) in [7, 11) is 0. The molecule has 1 aliphatic rings. The number of para-hydroxylation sites is 1. The Hall–Kier alpha value is -0.181. The summed E-state index contributed by atoms with van der Waals surface area (Å²) < 4.78 is 7.31. The number of hydrogen-bond donors (Lipinski definition) is 0. The summed E-state index contributed by atoms with van der Waals surface area (Å²) in [4.78, 5) is 0. The van der Waals surface area contributed by atoms with E-state index in [9.17, 15) is 0 Å². The molecule has 0 unspecified atom stereocenters. The molecule has 0 heterocycles. The molecular formula is C11H14OSn. The van der Waals surface area contributed by atoms with E-state index in [4.69, 9.17) is 4.74 Å². The summed E-state index contributed by atoms with van der Waals surface area (Å²) in [6, 6.07) is 8.40. The van der Waals surface area contributed by atoms with Crippen molar-refractivity contribution in [2.45, 2.75) is 31.8 Å². The van der Waals surface area contributed by atoms with E-state index < -0.39 is 0 Å². The van der Waals surface area contributed by atoms with Gasteiger partial charge in [-0.05, 0) is 0 Å². The Balaban J connectivity index is 2.04. The minimum absolute atomic E-state index is 0.494. The van der Waals surface area contributed by atoms with Crippen LogP contribution in [0.3, 0.4) is 0 Å². The van der Waals surface area contributed by atoms with Crippen LogP contribution in [0.15, 0.2) is 24.3 Å². The van der Waals surface area contributed by atoms with E-state index >= 15 is 0 Å². The molecule has 1 aromatic rings. The van der Waals surface area contributed by atoms with E-state index in [1.165, 1.54) is 29.3 Å². The van der Waals surface area contributed by atoms with Crippen LogP contribution in [0.4, 0.5) is 0 Å². The standard InChI is InChI=1S/C11H13O.Sn.H/c1-2-6-10(7-3-1)12-11-8-4-5-9-11;;/h1-3,6,11H,4-5,8-9H2;;. The predicted molar refractivity (Wildman–Crippen MR) is 56.1 cm³/mol. The zero-order valence-corrected chi connectivity index (χ0v) is 11.0. The summed E-state index contributed by atoms with van der Waals surface area (Å²) in [5, 5.41) is 0. The molecule has 1 fully saturated rings. The molecule has 1 nitrogen and oxygen atoms in total. The van der Waals surface area contributed by atoms with Crippen molar-refractivity contribution in [1.82, 2.24) is 0 Å². The van der Waals surface area contributed by atoms with E-state index in [1.54, 1.807) is 0 Å².